The summed E-state index contributed by atoms with van der Waals surface area (Å²) in [6.45, 7) is 25.9. The second-order valence-electron chi connectivity index (χ2n) is 26.3. The molecule has 0 aromatic heterocycles. The van der Waals surface area contributed by atoms with Gasteiger partial charge in [0, 0.05) is 64.5 Å². The Morgan fingerprint density at radius 3 is 0.920 bits per heavy atom. The molecule has 1 aliphatic heterocycles. The maximum atomic E-state index is 12.7. The number of nitrogens with one attached hydrogen (secondary N) is 1. The van der Waals surface area contributed by atoms with E-state index in [1.165, 1.54) is 50.4 Å². The number of benzene rings is 3. The molecule has 0 unspecified atom stereocenters. The van der Waals surface area contributed by atoms with Crippen LogP contribution >= 0.6 is 0 Å². The zero-order valence-electron chi connectivity index (χ0n) is 68.2. The van der Waals surface area contributed by atoms with E-state index in [0.717, 1.165) is 49.7 Å². The van der Waals surface area contributed by atoms with Gasteiger partial charge in [0.15, 0.2) is 0 Å². The van der Waals surface area contributed by atoms with E-state index >= 15 is 0 Å². The van der Waals surface area contributed by atoms with Crippen LogP contribution in [-0.2, 0) is 140 Å². The van der Waals surface area contributed by atoms with Crippen molar-refractivity contribution in [1.82, 2.24) is 10.2 Å². The van der Waals surface area contributed by atoms with Gasteiger partial charge in [-0.05, 0) is 103 Å². The largest absolute Gasteiger partial charge is 0.382 e. The number of nitrogens with zero attached hydrogens (tertiary/aromatic N) is 1. The minimum atomic E-state index is -0.281. The molecular weight excluding hydrogens is 1470 g/mol. The van der Waals surface area contributed by atoms with Crippen molar-refractivity contribution in [1.29, 1.82) is 0 Å². The Morgan fingerprint density at radius 2 is 0.602 bits per heavy atom. The summed E-state index contributed by atoms with van der Waals surface area (Å²) in [5, 5.41) is 2.98. The Bertz CT molecular complexity index is 2710. The van der Waals surface area contributed by atoms with E-state index in [0.29, 0.717) is 336 Å². The van der Waals surface area contributed by atoms with Gasteiger partial charge in [-0.1, -0.05) is 60.2 Å². The Kier molecular flexibility index (Phi) is 61.2. The highest BCUT2D eigenvalue weighted by atomic mass is 16.6. The summed E-state index contributed by atoms with van der Waals surface area (Å²) in [4.78, 5) is 37.6. The SMILES string of the molecule is COCCOCCOCCOCCOCCOCCOCCOCCOCCOCCOCCOCCCC1(CCCOCCOCCOCCOCCOCCOCCOCCOCCOCCOCCOCCOC)c2cc(C)ccc2-c2ccc(-c3ccc(CCCC(=O)NCCCCN4C(=O)C=CC4=O)cc3)cc21. The number of hydrogen-bond acceptors (Lipinski definition) is 27. The number of methoxy groups -OCH3 is 2. The highest BCUT2D eigenvalue weighted by Crippen LogP contribution is 2.55. The summed E-state index contributed by atoms with van der Waals surface area (Å²) in [5.41, 5.74) is 9.59. The topological polar surface area (TPSA) is 288 Å². The average molecular weight is 1610 g/mol. The molecule has 0 radical (unpaired) electrons. The average Bonchev–Trinajstić information content (AvgIpc) is 1.57. The number of unbranched alkanes of at least 4 members (excludes halogenated alkanes) is 1. The van der Waals surface area contributed by atoms with Gasteiger partial charge in [0.2, 0.25) is 5.91 Å². The first kappa shape index (κ1) is 98.6. The number of rotatable bonds is 84. The fourth-order valence-corrected chi connectivity index (χ4v) is 12.0. The summed E-state index contributed by atoms with van der Waals surface area (Å²) < 4.78 is 134. The molecule has 29 nitrogen and oxygen atoms in total. The zero-order chi connectivity index (χ0) is 79.9. The van der Waals surface area contributed by atoms with Crippen LogP contribution in [0.5, 0.6) is 0 Å². The van der Waals surface area contributed by atoms with E-state index < -0.39 is 0 Å². The van der Waals surface area contributed by atoms with Gasteiger partial charge in [-0.2, -0.15) is 0 Å². The molecule has 1 aliphatic carbocycles. The van der Waals surface area contributed by atoms with Gasteiger partial charge in [0.05, 0.1) is 291 Å². The molecule has 5 rings (SSSR count). The number of fused-ring (bicyclic) bond motifs is 3. The van der Waals surface area contributed by atoms with E-state index in [4.69, 9.17) is 114 Å². The second-order valence-corrected chi connectivity index (χ2v) is 26.3. The second kappa shape index (κ2) is 70.1. The van der Waals surface area contributed by atoms with Crippen LogP contribution in [0.1, 0.15) is 73.6 Å². The van der Waals surface area contributed by atoms with Crippen molar-refractivity contribution >= 4 is 17.7 Å². The molecular formula is C84H136N2O27. The van der Waals surface area contributed by atoms with Gasteiger partial charge in [0.25, 0.3) is 11.8 Å². The van der Waals surface area contributed by atoms with Crippen molar-refractivity contribution in [3.05, 3.63) is 95.1 Å². The van der Waals surface area contributed by atoms with Crippen LogP contribution < -0.4 is 5.32 Å². The normalized spacial score (nSPS) is 13.0. The summed E-state index contributed by atoms with van der Waals surface area (Å²) in [6.07, 6.45) is 9.28. The van der Waals surface area contributed by atoms with E-state index in [1.54, 1.807) is 14.2 Å². The molecule has 113 heavy (non-hydrogen) atoms. The first-order valence-corrected chi connectivity index (χ1v) is 40.7. The van der Waals surface area contributed by atoms with Crippen molar-refractivity contribution < 1.29 is 128 Å². The van der Waals surface area contributed by atoms with Crippen molar-refractivity contribution in [2.75, 3.05) is 331 Å². The Balaban J connectivity index is 0.911. The lowest BCUT2D eigenvalue weighted by Crippen LogP contribution is -2.31. The fraction of sp³-hybridized carbons (Fsp3) is 0.726. The Hall–Kier alpha value is -4.95. The number of hydrogen-bond donors (Lipinski definition) is 1. The number of imide groups is 1. The molecule has 3 aromatic rings. The molecule has 0 atom stereocenters. The monoisotopic (exact) mass is 1600 g/mol. The number of ether oxygens (including phenoxy) is 24. The van der Waals surface area contributed by atoms with Crippen LogP contribution in [-0.4, -0.2) is 354 Å². The molecule has 3 aromatic carbocycles. The molecule has 0 spiro atoms. The fourth-order valence-electron chi connectivity index (χ4n) is 12.0. The molecule has 0 fully saturated rings. The van der Waals surface area contributed by atoms with E-state index in [2.05, 4.69) is 72.9 Å². The summed E-state index contributed by atoms with van der Waals surface area (Å²) in [6, 6.07) is 22.5. The third-order valence-corrected chi connectivity index (χ3v) is 17.8. The maximum absolute atomic E-state index is 12.7. The zero-order valence-corrected chi connectivity index (χ0v) is 68.2. The first-order chi connectivity index (χ1) is 55.9. The van der Waals surface area contributed by atoms with Crippen LogP contribution in [0, 0.1) is 6.92 Å². The quantitative estimate of drug-likeness (QED) is 0.0428. The third kappa shape index (κ3) is 48.5. The standard InChI is InChI=1S/C84H136N2O27/c1-73-11-17-77-78-18-16-76(75-14-12-74(13-15-75)9-6-10-81(87)85-23-4-5-24-86-82(88)19-20-83(86)89)72-80(78)84(79(77)71-73,21-7-25-92-31-33-96-39-41-100-47-49-104-55-57-108-63-65-112-69-67-110-61-59-106-53-51-102-45-43-98-37-35-94-29-27-90-2)22-8-26-93-32-34-97-40-42-101-48-50-105-56-58-109-64-66-113-70-68-111-62-60-107-54-52-103-46-44-99-38-36-95-30-28-91-3/h11-20,71-72H,4-10,21-70H2,1-3H3,(H,85,87). The third-order valence-electron chi connectivity index (χ3n) is 17.8. The lowest BCUT2D eigenvalue weighted by Gasteiger charge is -2.33. The van der Waals surface area contributed by atoms with Crippen LogP contribution in [0.3, 0.4) is 0 Å². The lowest BCUT2D eigenvalue weighted by atomic mass is 9.71. The van der Waals surface area contributed by atoms with Crippen molar-refractivity contribution in [3.8, 4) is 22.3 Å². The van der Waals surface area contributed by atoms with Crippen LogP contribution in [0.15, 0.2) is 72.8 Å². The van der Waals surface area contributed by atoms with Gasteiger partial charge in [-0.3, -0.25) is 19.3 Å². The van der Waals surface area contributed by atoms with Gasteiger partial charge in [-0.15, -0.1) is 0 Å². The van der Waals surface area contributed by atoms with Gasteiger partial charge in [0.1, 0.15) is 0 Å². The number of aryl methyl sites for hydroxylation is 2. The highest BCUT2D eigenvalue weighted by Gasteiger charge is 2.42. The van der Waals surface area contributed by atoms with E-state index in [9.17, 15) is 14.4 Å². The summed E-state index contributed by atoms with van der Waals surface area (Å²) >= 11 is 0. The van der Waals surface area contributed by atoms with Crippen LogP contribution in [0.25, 0.3) is 22.3 Å². The van der Waals surface area contributed by atoms with E-state index in [1.807, 2.05) is 0 Å². The Morgan fingerprint density at radius 1 is 0.319 bits per heavy atom. The van der Waals surface area contributed by atoms with Gasteiger partial charge in [-0.25, -0.2) is 0 Å². The van der Waals surface area contributed by atoms with Gasteiger partial charge >= 0.3 is 0 Å². The molecule has 29 heteroatoms. The molecule has 0 saturated carbocycles. The van der Waals surface area contributed by atoms with Crippen LogP contribution in [0.2, 0.25) is 0 Å². The number of carbonyl (C=O) groups excluding carboxylic acids is 3. The summed E-state index contributed by atoms with van der Waals surface area (Å²) in [7, 11) is 3.29. The van der Waals surface area contributed by atoms with Crippen LogP contribution in [0.4, 0.5) is 0 Å². The number of amides is 3. The minimum absolute atomic E-state index is 0.00131. The smallest absolute Gasteiger partial charge is 0.253 e. The maximum Gasteiger partial charge on any atom is 0.253 e. The molecule has 1 heterocycles. The predicted octanol–water partition coefficient (Wildman–Crippen LogP) is 7.29. The Labute approximate surface area is 671 Å². The number of carbonyl (C=O) groups is 3. The highest BCUT2D eigenvalue weighted by molar-refractivity contribution is 6.12. The molecule has 3 amide bonds. The van der Waals surface area contributed by atoms with Crippen molar-refractivity contribution in [3.63, 3.8) is 0 Å². The van der Waals surface area contributed by atoms with Crippen molar-refractivity contribution in [2.24, 2.45) is 0 Å². The summed E-state index contributed by atoms with van der Waals surface area (Å²) in [5.74, 6) is -0.564. The predicted molar refractivity (Wildman–Crippen MR) is 424 cm³/mol. The first-order valence-electron chi connectivity index (χ1n) is 40.7. The molecule has 0 saturated heterocycles. The molecule has 0 bridgehead atoms. The molecule has 644 valence electrons. The lowest BCUT2D eigenvalue weighted by molar-refractivity contribution is -0.137. The van der Waals surface area contributed by atoms with Gasteiger partial charge < -0.3 is 119 Å². The molecule has 1 N–H and O–H groups in total. The van der Waals surface area contributed by atoms with Crippen molar-refractivity contribution in [2.45, 2.75) is 70.1 Å². The molecule has 2 aliphatic rings. The van der Waals surface area contributed by atoms with E-state index in [-0.39, 0.29) is 23.1 Å². The minimum Gasteiger partial charge on any atom is -0.382 e.